The van der Waals surface area contributed by atoms with Gasteiger partial charge < -0.3 is 20.9 Å². The summed E-state index contributed by atoms with van der Waals surface area (Å²) in [5.41, 5.74) is 14.1. The van der Waals surface area contributed by atoms with Crippen LogP contribution in [0.15, 0.2) is 42.9 Å². The first-order valence-electron chi connectivity index (χ1n) is 8.68. The van der Waals surface area contributed by atoms with Gasteiger partial charge in [-0.05, 0) is 31.2 Å². The van der Waals surface area contributed by atoms with E-state index in [0.717, 1.165) is 0 Å². The van der Waals surface area contributed by atoms with Crippen LogP contribution in [0.5, 0.6) is 11.5 Å². The fraction of sp³-hybridized carbons (Fsp3) is 0.150. The summed E-state index contributed by atoms with van der Waals surface area (Å²) in [5.74, 6) is 1.19. The van der Waals surface area contributed by atoms with E-state index < -0.39 is 0 Å². The molecular weight excluding hydrogens is 413 g/mol. The highest BCUT2D eigenvalue weighted by atomic mass is 35.5. The zero-order valence-electron chi connectivity index (χ0n) is 15.6. The number of hydrogen-bond acceptors (Lipinski definition) is 7. The summed E-state index contributed by atoms with van der Waals surface area (Å²) in [5, 5.41) is 9.38. The standard InChI is InChI=1S/C20H19Cl2N5O2/c1-2-28-18-5-11(7-27-20(18)25)19(24)13-6-12(3-4-17(13)23)29-10-14-15(21)8-26-9-16(14)22/h3-9,24H,2,10,23H2,1H3,(H2,25,27). The number of nitrogen functional groups attached to an aromatic ring is 2. The van der Waals surface area contributed by atoms with Crippen molar-refractivity contribution in [3.8, 4) is 11.5 Å². The van der Waals surface area contributed by atoms with Crippen molar-refractivity contribution in [2.24, 2.45) is 0 Å². The minimum atomic E-state index is 0.148. The molecule has 0 saturated carbocycles. The Balaban J connectivity index is 1.85. The average Bonchev–Trinajstić information content (AvgIpc) is 2.70. The lowest BCUT2D eigenvalue weighted by Gasteiger charge is -2.13. The zero-order chi connectivity index (χ0) is 21.0. The van der Waals surface area contributed by atoms with Gasteiger partial charge in [0.2, 0.25) is 0 Å². The molecule has 1 aromatic carbocycles. The molecular formula is C20H19Cl2N5O2. The number of ether oxygens (including phenoxy) is 2. The molecule has 0 fully saturated rings. The lowest BCUT2D eigenvalue weighted by molar-refractivity contribution is 0.306. The normalized spacial score (nSPS) is 10.6. The third-order valence-electron chi connectivity index (χ3n) is 4.10. The molecule has 5 N–H and O–H groups in total. The van der Waals surface area contributed by atoms with E-state index in [2.05, 4.69) is 9.97 Å². The van der Waals surface area contributed by atoms with E-state index in [0.29, 0.717) is 50.5 Å². The number of anilines is 2. The molecule has 150 valence electrons. The number of nitrogens with two attached hydrogens (primary N) is 2. The maximum absolute atomic E-state index is 8.55. The number of nitrogens with one attached hydrogen (secondary N) is 1. The minimum absolute atomic E-state index is 0.148. The molecule has 3 aromatic rings. The molecule has 0 bridgehead atoms. The van der Waals surface area contributed by atoms with Crippen molar-refractivity contribution in [3.63, 3.8) is 0 Å². The molecule has 0 atom stereocenters. The molecule has 2 heterocycles. The lowest BCUT2D eigenvalue weighted by atomic mass is 10.0. The summed E-state index contributed by atoms with van der Waals surface area (Å²) < 4.78 is 11.3. The molecule has 0 unspecified atom stereocenters. The molecule has 2 aromatic heterocycles. The van der Waals surface area contributed by atoms with Crippen molar-refractivity contribution in [2.45, 2.75) is 13.5 Å². The number of rotatable bonds is 7. The predicted molar refractivity (Wildman–Crippen MR) is 115 cm³/mol. The van der Waals surface area contributed by atoms with Gasteiger partial charge in [-0.2, -0.15) is 0 Å². The van der Waals surface area contributed by atoms with Gasteiger partial charge in [0.05, 0.1) is 22.4 Å². The van der Waals surface area contributed by atoms with Crippen LogP contribution in [0.4, 0.5) is 11.5 Å². The molecule has 9 heteroatoms. The Morgan fingerprint density at radius 3 is 2.48 bits per heavy atom. The first-order chi connectivity index (χ1) is 13.9. The Kier molecular flexibility index (Phi) is 6.41. The molecule has 29 heavy (non-hydrogen) atoms. The molecule has 7 nitrogen and oxygen atoms in total. The molecule has 0 aliphatic heterocycles. The molecule has 0 saturated heterocycles. The smallest absolute Gasteiger partial charge is 0.166 e. The van der Waals surface area contributed by atoms with Crippen molar-refractivity contribution < 1.29 is 9.47 Å². The Hall–Kier alpha value is -3.03. The third kappa shape index (κ3) is 4.70. The highest BCUT2D eigenvalue weighted by Gasteiger charge is 2.14. The van der Waals surface area contributed by atoms with Crippen molar-refractivity contribution in [3.05, 3.63) is 69.6 Å². The molecule has 0 amide bonds. The second kappa shape index (κ2) is 8.98. The second-order valence-electron chi connectivity index (χ2n) is 6.03. The van der Waals surface area contributed by atoms with Gasteiger partial charge in [0.15, 0.2) is 11.6 Å². The molecule has 0 spiro atoms. The van der Waals surface area contributed by atoms with Gasteiger partial charge >= 0.3 is 0 Å². The Morgan fingerprint density at radius 2 is 1.79 bits per heavy atom. The molecule has 0 aliphatic carbocycles. The maximum atomic E-state index is 8.55. The molecule has 0 aliphatic rings. The first-order valence-corrected chi connectivity index (χ1v) is 9.44. The SMILES string of the molecule is CCOc1cc(C(=N)c2cc(OCc3c(Cl)cncc3Cl)ccc2N)cnc1N. The minimum Gasteiger partial charge on any atom is -0.490 e. The summed E-state index contributed by atoms with van der Waals surface area (Å²) in [6.07, 6.45) is 4.50. The van der Waals surface area contributed by atoms with E-state index in [-0.39, 0.29) is 18.1 Å². The third-order valence-corrected chi connectivity index (χ3v) is 4.75. The van der Waals surface area contributed by atoms with Crippen LogP contribution in [0.25, 0.3) is 0 Å². The number of halogens is 2. The Bertz CT molecular complexity index is 1040. The van der Waals surface area contributed by atoms with Gasteiger partial charge in [-0.25, -0.2) is 4.98 Å². The predicted octanol–water partition coefficient (Wildman–Crippen LogP) is 4.34. The van der Waals surface area contributed by atoms with E-state index in [1.165, 1.54) is 18.6 Å². The van der Waals surface area contributed by atoms with Gasteiger partial charge in [-0.15, -0.1) is 0 Å². The van der Waals surface area contributed by atoms with Crippen molar-refractivity contribution in [2.75, 3.05) is 18.1 Å². The number of benzene rings is 1. The van der Waals surface area contributed by atoms with Gasteiger partial charge in [0.1, 0.15) is 12.4 Å². The van der Waals surface area contributed by atoms with Crippen LogP contribution in [0.1, 0.15) is 23.6 Å². The molecule has 0 radical (unpaired) electrons. The van der Waals surface area contributed by atoms with Gasteiger partial charge in [0, 0.05) is 41.0 Å². The number of hydrogen-bond donors (Lipinski definition) is 3. The summed E-state index contributed by atoms with van der Waals surface area (Å²) in [6.45, 7) is 2.43. The van der Waals surface area contributed by atoms with E-state index in [9.17, 15) is 0 Å². The van der Waals surface area contributed by atoms with Crippen LogP contribution in [0, 0.1) is 5.41 Å². The lowest BCUT2D eigenvalue weighted by Crippen LogP contribution is -2.09. The first kappa shape index (κ1) is 20.7. The van der Waals surface area contributed by atoms with Gasteiger partial charge in [0.25, 0.3) is 0 Å². The van der Waals surface area contributed by atoms with Crippen LogP contribution in [0.3, 0.4) is 0 Å². The van der Waals surface area contributed by atoms with Crippen LogP contribution in [-0.2, 0) is 6.61 Å². The average molecular weight is 432 g/mol. The highest BCUT2D eigenvalue weighted by molar-refractivity contribution is 6.35. The quantitative estimate of drug-likeness (QED) is 0.377. The van der Waals surface area contributed by atoms with Crippen LogP contribution in [-0.4, -0.2) is 22.3 Å². The summed E-state index contributed by atoms with van der Waals surface area (Å²) >= 11 is 12.3. The van der Waals surface area contributed by atoms with E-state index >= 15 is 0 Å². The fourth-order valence-corrected chi connectivity index (χ4v) is 3.07. The number of pyridine rings is 2. The summed E-state index contributed by atoms with van der Waals surface area (Å²) in [4.78, 5) is 8.02. The largest absolute Gasteiger partial charge is 0.490 e. The number of nitrogens with zero attached hydrogens (tertiary/aromatic N) is 2. The van der Waals surface area contributed by atoms with Gasteiger partial charge in [-0.3, -0.25) is 10.4 Å². The zero-order valence-corrected chi connectivity index (χ0v) is 17.1. The van der Waals surface area contributed by atoms with Crippen molar-refractivity contribution in [1.29, 1.82) is 5.41 Å². The maximum Gasteiger partial charge on any atom is 0.166 e. The van der Waals surface area contributed by atoms with Crippen molar-refractivity contribution >= 4 is 40.4 Å². The van der Waals surface area contributed by atoms with Crippen molar-refractivity contribution in [1.82, 2.24) is 9.97 Å². The summed E-state index contributed by atoms with van der Waals surface area (Å²) in [7, 11) is 0. The van der Waals surface area contributed by atoms with E-state index in [1.54, 1.807) is 24.3 Å². The Labute approximate surface area is 178 Å². The van der Waals surface area contributed by atoms with Gasteiger partial charge in [-0.1, -0.05) is 23.2 Å². The fourth-order valence-electron chi connectivity index (χ4n) is 2.59. The van der Waals surface area contributed by atoms with E-state index in [4.69, 9.17) is 49.6 Å². The van der Waals surface area contributed by atoms with Crippen LogP contribution >= 0.6 is 23.2 Å². The highest BCUT2D eigenvalue weighted by Crippen LogP contribution is 2.28. The van der Waals surface area contributed by atoms with Crippen LogP contribution in [0.2, 0.25) is 10.0 Å². The summed E-state index contributed by atoms with van der Waals surface area (Å²) in [6, 6.07) is 6.72. The monoisotopic (exact) mass is 431 g/mol. The second-order valence-corrected chi connectivity index (χ2v) is 6.85. The topological polar surface area (TPSA) is 120 Å². The van der Waals surface area contributed by atoms with E-state index in [1.807, 2.05) is 6.92 Å². The number of aromatic nitrogens is 2. The van der Waals surface area contributed by atoms with Crippen LogP contribution < -0.4 is 20.9 Å². The molecule has 3 rings (SSSR count). The Morgan fingerprint density at radius 1 is 1.07 bits per heavy atom.